The van der Waals surface area contributed by atoms with Crippen molar-refractivity contribution in [2.24, 2.45) is 5.41 Å². The summed E-state index contributed by atoms with van der Waals surface area (Å²) in [6, 6.07) is 2.42. The van der Waals surface area contributed by atoms with Crippen LogP contribution in [-0.4, -0.2) is 41.2 Å². The minimum absolute atomic E-state index is 0.107. The summed E-state index contributed by atoms with van der Waals surface area (Å²) in [6.07, 6.45) is -11.1. The normalized spacial score (nSPS) is 18.6. The van der Waals surface area contributed by atoms with Gasteiger partial charge in [-0.3, -0.25) is 9.78 Å². The Morgan fingerprint density at radius 2 is 1.82 bits per heavy atom. The Kier molecular flexibility index (Phi) is 4.05. The van der Waals surface area contributed by atoms with Crippen LogP contribution in [0.3, 0.4) is 0 Å². The lowest BCUT2D eigenvalue weighted by Crippen LogP contribution is -2.52. The fraction of sp³-hybridized carbons (Fsp3) is 0.500. The third-order valence-electron chi connectivity index (χ3n) is 3.58. The van der Waals surface area contributed by atoms with Crippen LogP contribution in [0.1, 0.15) is 16.9 Å². The van der Waals surface area contributed by atoms with Crippen molar-refractivity contribution >= 4 is 17.5 Å². The molecule has 0 saturated carbocycles. The molecule has 1 aliphatic heterocycles. The zero-order chi connectivity index (χ0) is 16.8. The Morgan fingerprint density at radius 3 is 2.27 bits per heavy atom. The molecule has 0 N–H and O–H groups in total. The number of hydrogen-bond donors (Lipinski definition) is 0. The molecule has 0 radical (unpaired) electrons. The van der Waals surface area contributed by atoms with Gasteiger partial charge in [-0.25, -0.2) is 0 Å². The summed E-state index contributed by atoms with van der Waals surface area (Å²) in [5.74, 6) is -1.02. The molecule has 1 amide bonds. The summed E-state index contributed by atoms with van der Waals surface area (Å²) in [6.45, 7) is -2.14. The van der Waals surface area contributed by atoms with Crippen molar-refractivity contribution in [3.8, 4) is 0 Å². The van der Waals surface area contributed by atoms with E-state index in [0.717, 1.165) is 12.3 Å². The Labute approximate surface area is 125 Å². The second-order valence-corrected chi connectivity index (χ2v) is 5.35. The predicted octanol–water partition coefficient (Wildman–Crippen LogP) is 3.69. The van der Waals surface area contributed by atoms with Gasteiger partial charge in [0, 0.05) is 24.3 Å². The minimum atomic E-state index is -5.50. The Bertz CT molecular complexity index is 572. The van der Waals surface area contributed by atoms with E-state index in [9.17, 15) is 31.1 Å². The van der Waals surface area contributed by atoms with E-state index in [-0.39, 0.29) is 10.7 Å². The molecule has 0 spiro atoms. The van der Waals surface area contributed by atoms with Gasteiger partial charge in [-0.2, -0.15) is 26.3 Å². The third kappa shape index (κ3) is 2.73. The summed E-state index contributed by atoms with van der Waals surface area (Å²) in [5, 5.41) is 0.107. The number of likely N-dealkylation sites (tertiary alicyclic amines) is 1. The molecule has 1 saturated heterocycles. The Hall–Kier alpha value is -1.51. The van der Waals surface area contributed by atoms with Crippen LogP contribution in [-0.2, 0) is 0 Å². The zero-order valence-corrected chi connectivity index (χ0v) is 11.6. The largest absolute Gasteiger partial charge is 0.404 e. The Morgan fingerprint density at radius 1 is 1.23 bits per heavy atom. The van der Waals surface area contributed by atoms with Crippen LogP contribution in [0.4, 0.5) is 26.3 Å². The van der Waals surface area contributed by atoms with E-state index in [1.807, 2.05) is 0 Å². The van der Waals surface area contributed by atoms with Gasteiger partial charge in [0.2, 0.25) is 0 Å². The number of alkyl halides is 6. The number of nitrogens with zero attached hydrogens (tertiary/aromatic N) is 2. The van der Waals surface area contributed by atoms with Crippen molar-refractivity contribution in [2.75, 3.05) is 13.1 Å². The fourth-order valence-corrected chi connectivity index (χ4v) is 2.45. The first-order chi connectivity index (χ1) is 9.98. The maximum atomic E-state index is 12.9. The van der Waals surface area contributed by atoms with Crippen molar-refractivity contribution in [3.63, 3.8) is 0 Å². The van der Waals surface area contributed by atoms with Crippen LogP contribution in [0, 0.1) is 5.41 Å². The molecule has 0 unspecified atom stereocenters. The molecule has 0 bridgehead atoms. The first-order valence-electron chi connectivity index (χ1n) is 6.02. The van der Waals surface area contributed by atoms with E-state index in [4.69, 9.17) is 11.6 Å². The summed E-state index contributed by atoms with van der Waals surface area (Å²) >= 11 is 5.63. The molecule has 1 fully saturated rings. The van der Waals surface area contributed by atoms with Crippen molar-refractivity contribution in [1.82, 2.24) is 9.88 Å². The van der Waals surface area contributed by atoms with Gasteiger partial charge in [-0.1, -0.05) is 11.6 Å². The second-order valence-electron chi connectivity index (χ2n) is 4.91. The van der Waals surface area contributed by atoms with Crippen LogP contribution < -0.4 is 0 Å². The number of hydrogen-bond acceptors (Lipinski definition) is 2. The van der Waals surface area contributed by atoms with Crippen LogP contribution in [0.5, 0.6) is 0 Å². The highest BCUT2D eigenvalue weighted by atomic mass is 35.5. The minimum Gasteiger partial charge on any atom is -0.336 e. The first kappa shape index (κ1) is 16.9. The lowest BCUT2D eigenvalue weighted by atomic mass is 9.85. The van der Waals surface area contributed by atoms with Gasteiger partial charge < -0.3 is 4.90 Å². The lowest BCUT2D eigenvalue weighted by molar-refractivity contribution is -0.334. The fourth-order valence-electron chi connectivity index (χ4n) is 2.29. The van der Waals surface area contributed by atoms with E-state index in [1.54, 1.807) is 0 Å². The molecular formula is C12H9ClF6N2O. The standard InChI is InChI=1S/C12H9ClF6N2O/c13-7-1-3-20-8(5-7)9(22)21-4-2-10(6-21,11(14,15)16)12(17,18)19/h1,3,5H,2,4,6H2. The molecule has 1 aromatic heterocycles. The molecule has 1 aliphatic rings. The number of amides is 1. The van der Waals surface area contributed by atoms with Crippen molar-refractivity contribution in [3.05, 3.63) is 29.0 Å². The molecule has 2 heterocycles. The van der Waals surface area contributed by atoms with Crippen LogP contribution in [0.25, 0.3) is 0 Å². The lowest BCUT2D eigenvalue weighted by Gasteiger charge is -2.33. The summed E-state index contributed by atoms with van der Waals surface area (Å²) in [4.78, 5) is 16.1. The molecular weight excluding hydrogens is 338 g/mol. The van der Waals surface area contributed by atoms with E-state index in [0.29, 0.717) is 4.90 Å². The third-order valence-corrected chi connectivity index (χ3v) is 3.82. The van der Waals surface area contributed by atoms with Crippen molar-refractivity contribution < 1.29 is 31.1 Å². The first-order valence-corrected chi connectivity index (χ1v) is 6.40. The maximum absolute atomic E-state index is 12.9. The van der Waals surface area contributed by atoms with Gasteiger partial charge in [0.15, 0.2) is 5.41 Å². The highest BCUT2D eigenvalue weighted by molar-refractivity contribution is 6.30. The summed E-state index contributed by atoms with van der Waals surface area (Å²) < 4.78 is 77.5. The average Bonchev–Trinajstić information content (AvgIpc) is 2.83. The maximum Gasteiger partial charge on any atom is 0.404 e. The van der Waals surface area contributed by atoms with Gasteiger partial charge >= 0.3 is 12.4 Å². The number of pyridine rings is 1. The van der Waals surface area contributed by atoms with Crippen molar-refractivity contribution in [2.45, 2.75) is 18.8 Å². The topological polar surface area (TPSA) is 33.2 Å². The smallest absolute Gasteiger partial charge is 0.336 e. The van der Waals surface area contributed by atoms with Gasteiger partial charge in [-0.05, 0) is 18.6 Å². The van der Waals surface area contributed by atoms with E-state index >= 15 is 0 Å². The van der Waals surface area contributed by atoms with Gasteiger partial charge in [0.25, 0.3) is 5.91 Å². The quantitative estimate of drug-likeness (QED) is 0.727. The highest BCUT2D eigenvalue weighted by Crippen LogP contribution is 2.55. The molecule has 0 aliphatic carbocycles. The van der Waals surface area contributed by atoms with E-state index < -0.39 is 43.2 Å². The predicted molar refractivity (Wildman–Crippen MR) is 64.3 cm³/mol. The molecule has 22 heavy (non-hydrogen) atoms. The molecule has 0 aromatic carbocycles. The Balaban J connectivity index is 2.29. The second kappa shape index (κ2) is 5.29. The monoisotopic (exact) mass is 346 g/mol. The SMILES string of the molecule is O=C(c1cc(Cl)ccn1)N1CCC(C(F)(F)F)(C(F)(F)F)C1. The zero-order valence-electron chi connectivity index (χ0n) is 10.8. The summed E-state index contributed by atoms with van der Waals surface area (Å²) in [5.41, 5.74) is -4.21. The molecule has 10 heteroatoms. The van der Waals surface area contributed by atoms with Gasteiger partial charge in [0.05, 0.1) is 0 Å². The number of aromatic nitrogens is 1. The van der Waals surface area contributed by atoms with Crippen LogP contribution in [0.2, 0.25) is 5.02 Å². The van der Waals surface area contributed by atoms with E-state index in [1.165, 1.54) is 6.07 Å². The number of rotatable bonds is 1. The number of halogens is 7. The van der Waals surface area contributed by atoms with Gasteiger partial charge in [-0.15, -0.1) is 0 Å². The van der Waals surface area contributed by atoms with E-state index in [2.05, 4.69) is 4.98 Å². The molecule has 1 aromatic rings. The van der Waals surface area contributed by atoms with Crippen LogP contribution >= 0.6 is 11.6 Å². The van der Waals surface area contributed by atoms with Gasteiger partial charge in [0.1, 0.15) is 5.69 Å². The molecule has 0 atom stereocenters. The average molecular weight is 347 g/mol. The van der Waals surface area contributed by atoms with Crippen LogP contribution in [0.15, 0.2) is 18.3 Å². The highest BCUT2D eigenvalue weighted by Gasteiger charge is 2.72. The number of carbonyl (C=O) groups excluding carboxylic acids is 1. The molecule has 122 valence electrons. The molecule has 3 nitrogen and oxygen atoms in total. The number of carbonyl (C=O) groups is 1. The van der Waals surface area contributed by atoms with Crippen molar-refractivity contribution in [1.29, 1.82) is 0 Å². The summed E-state index contributed by atoms with van der Waals surface area (Å²) in [7, 11) is 0. The molecule has 2 rings (SSSR count).